The first-order valence-electron chi connectivity index (χ1n) is 6.76. The van der Waals surface area contributed by atoms with E-state index in [0.717, 1.165) is 27.5 Å². The van der Waals surface area contributed by atoms with Crippen molar-refractivity contribution in [2.24, 2.45) is 0 Å². The Morgan fingerprint density at radius 1 is 0.714 bits per heavy atom. The summed E-state index contributed by atoms with van der Waals surface area (Å²) in [5.74, 6) is -0.219. The maximum Gasteiger partial charge on any atom is 0.158 e. The topological polar surface area (TPSA) is 56.2 Å². The van der Waals surface area contributed by atoms with Crippen molar-refractivity contribution in [1.82, 2.24) is 4.98 Å². The Kier molecular flexibility index (Phi) is 2.42. The molecule has 3 N–H and O–H groups in total. The Balaban J connectivity index is 2.06. The van der Waals surface area contributed by atoms with E-state index in [0.29, 0.717) is 0 Å². The largest absolute Gasteiger partial charge is 0.504 e. The Labute approximate surface area is 121 Å². The number of H-pyrrole nitrogens is 1. The van der Waals surface area contributed by atoms with Crippen LogP contribution in [0.1, 0.15) is 0 Å². The number of hydrogen-bond donors (Lipinski definition) is 3. The van der Waals surface area contributed by atoms with Crippen molar-refractivity contribution in [3.05, 3.63) is 60.7 Å². The molecule has 3 nitrogen and oxygen atoms in total. The van der Waals surface area contributed by atoms with Crippen LogP contribution in [0.4, 0.5) is 0 Å². The quantitative estimate of drug-likeness (QED) is 0.451. The summed E-state index contributed by atoms with van der Waals surface area (Å²) in [7, 11) is 0. The zero-order valence-corrected chi connectivity index (χ0v) is 11.2. The average Bonchev–Trinajstić information content (AvgIpc) is 2.89. The first-order valence-corrected chi connectivity index (χ1v) is 6.76. The van der Waals surface area contributed by atoms with Crippen LogP contribution in [-0.2, 0) is 0 Å². The van der Waals surface area contributed by atoms with Gasteiger partial charge in [-0.15, -0.1) is 0 Å². The number of phenols is 2. The lowest BCUT2D eigenvalue weighted by atomic mass is 10.0. The lowest BCUT2D eigenvalue weighted by Crippen LogP contribution is -1.80. The van der Waals surface area contributed by atoms with E-state index >= 15 is 0 Å². The van der Waals surface area contributed by atoms with Gasteiger partial charge < -0.3 is 15.2 Å². The molecular weight excluding hydrogens is 262 g/mol. The van der Waals surface area contributed by atoms with Gasteiger partial charge in [-0.3, -0.25) is 0 Å². The molecule has 1 aromatic heterocycles. The summed E-state index contributed by atoms with van der Waals surface area (Å²) < 4.78 is 0. The minimum atomic E-state index is -0.111. The van der Waals surface area contributed by atoms with Crippen molar-refractivity contribution in [2.75, 3.05) is 0 Å². The van der Waals surface area contributed by atoms with Crippen LogP contribution in [0.3, 0.4) is 0 Å². The van der Waals surface area contributed by atoms with Crippen LogP contribution in [0.15, 0.2) is 60.7 Å². The number of benzene rings is 3. The van der Waals surface area contributed by atoms with Crippen LogP contribution in [-0.4, -0.2) is 15.2 Å². The predicted molar refractivity (Wildman–Crippen MR) is 84.6 cm³/mol. The number of phenolic OH excluding ortho intramolecular Hbond substituents is 2. The number of hydrogen-bond acceptors (Lipinski definition) is 2. The number of rotatable bonds is 1. The van der Waals surface area contributed by atoms with Gasteiger partial charge in [0, 0.05) is 21.9 Å². The van der Waals surface area contributed by atoms with Crippen molar-refractivity contribution >= 4 is 21.8 Å². The summed E-state index contributed by atoms with van der Waals surface area (Å²) in [5, 5.41) is 21.5. The number of para-hydroxylation sites is 2. The normalized spacial score (nSPS) is 11.2. The van der Waals surface area contributed by atoms with Crippen molar-refractivity contribution < 1.29 is 10.2 Å². The average molecular weight is 275 g/mol. The molecular formula is C18H13NO2. The third kappa shape index (κ3) is 1.75. The summed E-state index contributed by atoms with van der Waals surface area (Å²) >= 11 is 0. The van der Waals surface area contributed by atoms with Gasteiger partial charge in [0.05, 0.1) is 5.52 Å². The van der Waals surface area contributed by atoms with Gasteiger partial charge in [-0.05, 0) is 23.8 Å². The molecule has 0 radical (unpaired) electrons. The standard InChI is InChI=1S/C18H13NO2/c20-16-9-8-11(10-17(16)21)12-5-3-6-14-13-4-1-2-7-15(13)19-18(12)14/h1-10,19-21H. The van der Waals surface area contributed by atoms with Gasteiger partial charge in [0.25, 0.3) is 0 Å². The first-order chi connectivity index (χ1) is 10.2. The van der Waals surface area contributed by atoms with Gasteiger partial charge in [-0.1, -0.05) is 42.5 Å². The van der Waals surface area contributed by atoms with Crippen molar-refractivity contribution in [3.63, 3.8) is 0 Å². The van der Waals surface area contributed by atoms with E-state index in [1.165, 1.54) is 11.5 Å². The van der Waals surface area contributed by atoms with Crippen LogP contribution in [0, 0.1) is 0 Å². The van der Waals surface area contributed by atoms with Crippen LogP contribution in [0.5, 0.6) is 11.5 Å². The zero-order valence-electron chi connectivity index (χ0n) is 11.2. The molecule has 0 unspecified atom stereocenters. The molecule has 4 aromatic rings. The highest BCUT2D eigenvalue weighted by Crippen LogP contribution is 2.36. The molecule has 3 heteroatoms. The fraction of sp³-hybridized carbons (Fsp3) is 0. The second kappa shape index (κ2) is 4.28. The number of aromatic hydroxyl groups is 2. The Hall–Kier alpha value is -2.94. The van der Waals surface area contributed by atoms with E-state index in [4.69, 9.17) is 0 Å². The molecule has 0 fully saturated rings. The molecule has 0 saturated carbocycles. The number of fused-ring (bicyclic) bond motifs is 3. The maximum atomic E-state index is 9.71. The summed E-state index contributed by atoms with van der Waals surface area (Å²) in [5.41, 5.74) is 3.98. The molecule has 102 valence electrons. The van der Waals surface area contributed by atoms with E-state index in [9.17, 15) is 10.2 Å². The second-order valence-corrected chi connectivity index (χ2v) is 5.10. The van der Waals surface area contributed by atoms with Crippen LogP contribution >= 0.6 is 0 Å². The molecule has 0 spiro atoms. The van der Waals surface area contributed by atoms with E-state index in [1.54, 1.807) is 12.1 Å². The summed E-state index contributed by atoms with van der Waals surface area (Å²) in [6, 6.07) is 19.1. The van der Waals surface area contributed by atoms with Gasteiger partial charge in [-0.25, -0.2) is 0 Å². The molecule has 1 heterocycles. The molecule has 0 aliphatic carbocycles. The lowest BCUT2D eigenvalue weighted by molar-refractivity contribution is 0.404. The third-order valence-corrected chi connectivity index (χ3v) is 3.83. The monoisotopic (exact) mass is 275 g/mol. The Bertz CT molecular complexity index is 969. The molecule has 0 amide bonds. The predicted octanol–water partition coefficient (Wildman–Crippen LogP) is 4.40. The third-order valence-electron chi connectivity index (χ3n) is 3.83. The van der Waals surface area contributed by atoms with Gasteiger partial charge in [0.2, 0.25) is 0 Å². The first kappa shape index (κ1) is 11.9. The molecule has 0 aliphatic heterocycles. The van der Waals surface area contributed by atoms with E-state index in [-0.39, 0.29) is 11.5 Å². The molecule has 3 aromatic carbocycles. The molecule has 0 saturated heterocycles. The number of nitrogens with one attached hydrogen (secondary N) is 1. The minimum Gasteiger partial charge on any atom is -0.504 e. The minimum absolute atomic E-state index is 0.109. The zero-order chi connectivity index (χ0) is 14.4. The highest BCUT2D eigenvalue weighted by Gasteiger charge is 2.10. The van der Waals surface area contributed by atoms with Crippen molar-refractivity contribution in [1.29, 1.82) is 0 Å². The fourth-order valence-electron chi connectivity index (χ4n) is 2.80. The van der Waals surface area contributed by atoms with Gasteiger partial charge in [0.15, 0.2) is 11.5 Å². The second-order valence-electron chi connectivity index (χ2n) is 5.10. The Morgan fingerprint density at radius 3 is 2.38 bits per heavy atom. The summed E-state index contributed by atoms with van der Waals surface area (Å²) in [6.45, 7) is 0. The summed E-state index contributed by atoms with van der Waals surface area (Å²) in [6.07, 6.45) is 0. The maximum absolute atomic E-state index is 9.71. The van der Waals surface area contributed by atoms with Gasteiger partial charge in [-0.2, -0.15) is 0 Å². The van der Waals surface area contributed by atoms with Gasteiger partial charge >= 0.3 is 0 Å². The molecule has 21 heavy (non-hydrogen) atoms. The molecule has 0 atom stereocenters. The van der Waals surface area contributed by atoms with E-state index in [1.807, 2.05) is 30.3 Å². The lowest BCUT2D eigenvalue weighted by Gasteiger charge is -2.05. The number of aromatic nitrogens is 1. The molecule has 0 aliphatic rings. The smallest absolute Gasteiger partial charge is 0.158 e. The SMILES string of the molecule is Oc1ccc(-c2cccc3c2[nH]c2ccccc23)cc1O. The van der Waals surface area contributed by atoms with Gasteiger partial charge in [0.1, 0.15) is 0 Å². The van der Waals surface area contributed by atoms with Crippen molar-refractivity contribution in [2.45, 2.75) is 0 Å². The summed E-state index contributed by atoms with van der Waals surface area (Å²) in [4.78, 5) is 3.44. The molecule has 0 bridgehead atoms. The van der Waals surface area contributed by atoms with E-state index < -0.39 is 0 Å². The highest BCUT2D eigenvalue weighted by atomic mass is 16.3. The fourth-order valence-corrected chi connectivity index (χ4v) is 2.80. The van der Waals surface area contributed by atoms with Crippen LogP contribution < -0.4 is 0 Å². The van der Waals surface area contributed by atoms with E-state index in [2.05, 4.69) is 17.1 Å². The van der Waals surface area contributed by atoms with Crippen LogP contribution in [0.25, 0.3) is 32.9 Å². The van der Waals surface area contributed by atoms with Crippen molar-refractivity contribution in [3.8, 4) is 22.6 Å². The highest BCUT2D eigenvalue weighted by molar-refractivity contribution is 6.11. The molecule has 4 rings (SSSR count). The van der Waals surface area contributed by atoms with Crippen LogP contribution in [0.2, 0.25) is 0 Å². The Morgan fingerprint density at radius 2 is 1.52 bits per heavy atom. The number of aromatic amines is 1.